The van der Waals surface area contributed by atoms with E-state index in [0.29, 0.717) is 6.61 Å². The van der Waals surface area contributed by atoms with Crippen LogP contribution in [0.1, 0.15) is 24.2 Å². The molecule has 2 aromatic rings. The van der Waals surface area contributed by atoms with Gasteiger partial charge in [-0.05, 0) is 31.5 Å². The first-order chi connectivity index (χ1) is 11.1. The summed E-state index contributed by atoms with van der Waals surface area (Å²) in [5.41, 5.74) is 2.04. The van der Waals surface area contributed by atoms with E-state index in [9.17, 15) is 4.79 Å². The lowest BCUT2D eigenvalue weighted by Gasteiger charge is -2.17. The zero-order valence-electron chi connectivity index (χ0n) is 13.7. The second-order valence-electron chi connectivity index (χ2n) is 5.40. The maximum Gasteiger partial charge on any atom is 0.339 e. The molecule has 0 saturated carbocycles. The number of esters is 1. The highest BCUT2D eigenvalue weighted by atomic mass is 32.2. The Morgan fingerprint density at radius 2 is 1.74 bits per heavy atom. The molecule has 4 heteroatoms. The highest BCUT2D eigenvalue weighted by Gasteiger charge is 2.22. The van der Waals surface area contributed by atoms with E-state index in [1.807, 2.05) is 37.3 Å². The van der Waals surface area contributed by atoms with Crippen LogP contribution in [0, 0.1) is 6.92 Å². The van der Waals surface area contributed by atoms with Gasteiger partial charge >= 0.3 is 5.97 Å². The highest BCUT2D eigenvalue weighted by molar-refractivity contribution is 8.00. The first-order valence-electron chi connectivity index (χ1n) is 7.58. The third kappa shape index (κ3) is 5.41. The van der Waals surface area contributed by atoms with Gasteiger partial charge in [0.25, 0.3) is 0 Å². The number of hydrogen-bond acceptors (Lipinski definition) is 4. The van der Waals surface area contributed by atoms with E-state index in [1.165, 1.54) is 17.6 Å². The molecule has 0 spiro atoms. The van der Waals surface area contributed by atoms with Crippen molar-refractivity contribution in [1.82, 2.24) is 0 Å². The second-order valence-corrected chi connectivity index (χ2v) is 6.91. The van der Waals surface area contributed by atoms with E-state index in [0.717, 1.165) is 5.56 Å². The van der Waals surface area contributed by atoms with Gasteiger partial charge in [-0.2, -0.15) is 0 Å². The van der Waals surface area contributed by atoms with Gasteiger partial charge in [0, 0.05) is 17.3 Å². The molecule has 0 aliphatic rings. The Labute approximate surface area is 142 Å². The van der Waals surface area contributed by atoms with E-state index >= 15 is 0 Å². The molecule has 0 N–H and O–H groups in total. The molecule has 0 aromatic heterocycles. The number of methoxy groups -OCH3 is 1. The van der Waals surface area contributed by atoms with Gasteiger partial charge in [0.2, 0.25) is 0 Å². The van der Waals surface area contributed by atoms with Crippen molar-refractivity contribution < 1.29 is 14.3 Å². The Hall–Kier alpha value is -1.78. The van der Waals surface area contributed by atoms with Crippen LogP contribution in [0.3, 0.4) is 0 Å². The van der Waals surface area contributed by atoms with Crippen LogP contribution >= 0.6 is 11.8 Å². The minimum Gasteiger partial charge on any atom is -0.462 e. The van der Waals surface area contributed by atoms with Gasteiger partial charge < -0.3 is 9.47 Å². The fraction of sp³-hybridized carbons (Fsp3) is 0.316. The molecular weight excluding hydrogens is 308 g/mol. The molecule has 2 aromatic carbocycles. The SMILES string of the molecule is CO[C@H](C(=O)OC[C@@H](C)Sc1ccc(C)cc1)c1ccccc1. The van der Waals surface area contributed by atoms with Crippen LogP contribution in [0.25, 0.3) is 0 Å². The molecule has 122 valence electrons. The molecule has 0 radical (unpaired) electrons. The predicted octanol–water partition coefficient (Wildman–Crippen LogP) is 4.41. The molecule has 2 rings (SSSR count). The number of hydrogen-bond donors (Lipinski definition) is 0. The van der Waals surface area contributed by atoms with Crippen LogP contribution in [0.4, 0.5) is 0 Å². The minimum absolute atomic E-state index is 0.176. The molecule has 23 heavy (non-hydrogen) atoms. The lowest BCUT2D eigenvalue weighted by molar-refractivity contribution is -0.155. The molecule has 0 fully saturated rings. The van der Waals surface area contributed by atoms with Crippen LogP contribution in [-0.4, -0.2) is 24.9 Å². The van der Waals surface area contributed by atoms with Crippen LogP contribution < -0.4 is 0 Å². The Morgan fingerprint density at radius 1 is 1.09 bits per heavy atom. The van der Waals surface area contributed by atoms with Crippen molar-refractivity contribution in [3.63, 3.8) is 0 Å². The molecule has 0 saturated heterocycles. The van der Waals surface area contributed by atoms with Crippen LogP contribution in [0.15, 0.2) is 59.5 Å². The van der Waals surface area contributed by atoms with Crippen molar-refractivity contribution in [2.24, 2.45) is 0 Å². The number of thioether (sulfide) groups is 1. The molecular formula is C19H22O3S. The number of aryl methyl sites for hydroxylation is 1. The number of carbonyl (C=O) groups is 1. The zero-order chi connectivity index (χ0) is 16.7. The van der Waals surface area contributed by atoms with E-state index in [1.54, 1.807) is 11.8 Å². The average molecular weight is 330 g/mol. The molecule has 0 bridgehead atoms. The second kappa shape index (κ2) is 8.75. The summed E-state index contributed by atoms with van der Waals surface area (Å²) in [6, 6.07) is 17.7. The molecule has 0 amide bonds. The monoisotopic (exact) mass is 330 g/mol. The first kappa shape index (κ1) is 17.6. The predicted molar refractivity (Wildman–Crippen MR) is 93.6 cm³/mol. The smallest absolute Gasteiger partial charge is 0.339 e. The summed E-state index contributed by atoms with van der Waals surface area (Å²) in [5.74, 6) is -0.352. The van der Waals surface area contributed by atoms with Gasteiger partial charge in [-0.1, -0.05) is 48.0 Å². The summed E-state index contributed by atoms with van der Waals surface area (Å²) >= 11 is 1.69. The summed E-state index contributed by atoms with van der Waals surface area (Å²) in [5, 5.41) is 0.176. The zero-order valence-corrected chi connectivity index (χ0v) is 14.5. The maximum atomic E-state index is 12.2. The molecule has 3 nitrogen and oxygen atoms in total. The topological polar surface area (TPSA) is 35.5 Å². The Balaban J connectivity index is 1.86. The molecule has 0 aliphatic heterocycles. The summed E-state index contributed by atoms with van der Waals surface area (Å²) in [6.07, 6.45) is -0.673. The molecule has 0 aliphatic carbocycles. The quantitative estimate of drug-likeness (QED) is 0.556. The van der Waals surface area contributed by atoms with E-state index in [-0.39, 0.29) is 11.2 Å². The molecule has 0 heterocycles. The lowest BCUT2D eigenvalue weighted by Crippen LogP contribution is -2.21. The van der Waals surface area contributed by atoms with Crippen molar-refractivity contribution in [3.8, 4) is 0 Å². The third-order valence-corrected chi connectivity index (χ3v) is 4.45. The number of rotatable bonds is 7. The Bertz CT molecular complexity index is 610. The Morgan fingerprint density at radius 3 is 2.35 bits per heavy atom. The molecule has 0 unspecified atom stereocenters. The third-order valence-electron chi connectivity index (χ3n) is 3.37. The summed E-state index contributed by atoms with van der Waals surface area (Å²) in [6.45, 7) is 4.46. The number of ether oxygens (including phenoxy) is 2. The van der Waals surface area contributed by atoms with E-state index < -0.39 is 6.10 Å². The molecule has 2 atom stereocenters. The van der Waals surface area contributed by atoms with Gasteiger partial charge in [-0.25, -0.2) is 4.79 Å². The lowest BCUT2D eigenvalue weighted by atomic mass is 10.1. The standard InChI is InChI=1S/C19H22O3S/c1-14-9-11-17(12-10-14)23-15(2)13-22-19(20)18(21-3)16-7-5-4-6-8-16/h4-12,15,18H,13H2,1-3H3/t15-,18+/m1/s1. The van der Waals surface area contributed by atoms with E-state index in [4.69, 9.17) is 9.47 Å². The van der Waals surface area contributed by atoms with Crippen molar-refractivity contribution in [2.45, 2.75) is 30.1 Å². The van der Waals surface area contributed by atoms with E-state index in [2.05, 4.69) is 31.2 Å². The van der Waals surface area contributed by atoms with Crippen molar-refractivity contribution in [1.29, 1.82) is 0 Å². The highest BCUT2D eigenvalue weighted by Crippen LogP contribution is 2.24. The van der Waals surface area contributed by atoms with Crippen LogP contribution in [0.5, 0.6) is 0 Å². The number of benzene rings is 2. The average Bonchev–Trinajstić information content (AvgIpc) is 2.57. The minimum atomic E-state index is -0.673. The van der Waals surface area contributed by atoms with Gasteiger partial charge in [0.15, 0.2) is 6.10 Å². The maximum absolute atomic E-state index is 12.2. The van der Waals surface area contributed by atoms with Gasteiger partial charge in [-0.15, -0.1) is 11.8 Å². The van der Waals surface area contributed by atoms with Gasteiger partial charge in [0.1, 0.15) is 6.61 Å². The Kier molecular flexibility index (Phi) is 6.68. The number of carbonyl (C=O) groups excluding carboxylic acids is 1. The van der Waals surface area contributed by atoms with Crippen LogP contribution in [0.2, 0.25) is 0 Å². The summed E-state index contributed by atoms with van der Waals surface area (Å²) in [4.78, 5) is 13.4. The first-order valence-corrected chi connectivity index (χ1v) is 8.46. The summed E-state index contributed by atoms with van der Waals surface area (Å²) in [7, 11) is 1.52. The largest absolute Gasteiger partial charge is 0.462 e. The normalized spacial score (nSPS) is 13.3. The van der Waals surface area contributed by atoms with Gasteiger partial charge in [0.05, 0.1) is 0 Å². The fourth-order valence-electron chi connectivity index (χ4n) is 2.15. The van der Waals surface area contributed by atoms with Crippen molar-refractivity contribution >= 4 is 17.7 Å². The fourth-order valence-corrected chi connectivity index (χ4v) is 3.05. The summed E-state index contributed by atoms with van der Waals surface area (Å²) < 4.78 is 10.7. The van der Waals surface area contributed by atoms with Crippen molar-refractivity contribution in [2.75, 3.05) is 13.7 Å². The van der Waals surface area contributed by atoms with Gasteiger partial charge in [-0.3, -0.25) is 0 Å². The van der Waals surface area contributed by atoms with Crippen molar-refractivity contribution in [3.05, 3.63) is 65.7 Å². The van der Waals surface area contributed by atoms with Crippen LogP contribution in [-0.2, 0) is 14.3 Å².